The minimum Gasteiger partial charge on any atom is -0.344 e. The van der Waals surface area contributed by atoms with E-state index in [1.165, 1.54) is 12.1 Å². The van der Waals surface area contributed by atoms with Crippen molar-refractivity contribution in [2.75, 3.05) is 17.1 Å². The molecule has 0 aliphatic heterocycles. The van der Waals surface area contributed by atoms with E-state index in [9.17, 15) is 17.6 Å². The first-order chi connectivity index (χ1) is 14.2. The fraction of sp³-hybridized carbons (Fsp3) is 0.174. The highest BCUT2D eigenvalue weighted by Crippen LogP contribution is 2.23. The van der Waals surface area contributed by atoms with E-state index in [0.29, 0.717) is 0 Å². The summed E-state index contributed by atoms with van der Waals surface area (Å²) >= 11 is 0. The number of benzene rings is 3. The standard InChI is InChI=1S/C23H23FN2O3S/c1-17-7-6-10-19(15-17)23(18-8-4-3-5-9-18)25-22(27)16-26(30(2,28)29)21-13-11-20(24)12-14-21/h3-15,23H,16H2,1-2H3,(H,25,27). The number of halogens is 1. The maximum absolute atomic E-state index is 13.2. The Balaban J connectivity index is 1.88. The summed E-state index contributed by atoms with van der Waals surface area (Å²) in [6, 6.07) is 21.8. The number of hydrogen-bond acceptors (Lipinski definition) is 3. The van der Waals surface area contributed by atoms with Crippen LogP contribution in [0.1, 0.15) is 22.7 Å². The molecule has 0 saturated heterocycles. The Bertz CT molecular complexity index is 1120. The summed E-state index contributed by atoms with van der Waals surface area (Å²) in [6.07, 6.45) is 1.01. The molecule has 3 aromatic carbocycles. The van der Waals surface area contributed by atoms with Gasteiger partial charge < -0.3 is 5.32 Å². The van der Waals surface area contributed by atoms with E-state index in [4.69, 9.17) is 0 Å². The number of nitrogens with zero attached hydrogens (tertiary/aromatic N) is 1. The Morgan fingerprint density at radius 1 is 0.967 bits per heavy atom. The first kappa shape index (κ1) is 21.5. The van der Waals surface area contributed by atoms with Crippen LogP contribution in [-0.2, 0) is 14.8 Å². The van der Waals surface area contributed by atoms with Gasteiger partial charge in [0.15, 0.2) is 0 Å². The Kier molecular flexibility index (Phi) is 6.52. The highest BCUT2D eigenvalue weighted by molar-refractivity contribution is 7.92. The summed E-state index contributed by atoms with van der Waals surface area (Å²) in [7, 11) is -3.75. The van der Waals surface area contributed by atoms with E-state index in [1.54, 1.807) is 0 Å². The van der Waals surface area contributed by atoms with Gasteiger partial charge in [-0.05, 0) is 42.3 Å². The summed E-state index contributed by atoms with van der Waals surface area (Å²) in [5, 5.41) is 2.94. The van der Waals surface area contributed by atoms with Crippen molar-refractivity contribution >= 4 is 21.6 Å². The lowest BCUT2D eigenvalue weighted by Crippen LogP contribution is -2.41. The molecule has 0 fully saturated rings. The van der Waals surface area contributed by atoms with Crippen molar-refractivity contribution in [1.82, 2.24) is 5.32 Å². The van der Waals surface area contributed by atoms with Crippen LogP contribution in [-0.4, -0.2) is 27.1 Å². The van der Waals surface area contributed by atoms with Gasteiger partial charge in [-0.1, -0.05) is 60.2 Å². The molecule has 0 spiro atoms. The lowest BCUT2D eigenvalue weighted by Gasteiger charge is -2.25. The molecule has 0 radical (unpaired) electrons. The molecule has 3 rings (SSSR count). The molecule has 1 unspecified atom stereocenters. The average molecular weight is 427 g/mol. The molecule has 1 amide bonds. The van der Waals surface area contributed by atoms with Gasteiger partial charge in [-0.15, -0.1) is 0 Å². The van der Waals surface area contributed by atoms with Crippen LogP contribution in [0.4, 0.5) is 10.1 Å². The van der Waals surface area contributed by atoms with Crippen molar-refractivity contribution in [2.24, 2.45) is 0 Å². The van der Waals surface area contributed by atoms with Crippen LogP contribution in [0.2, 0.25) is 0 Å². The third kappa shape index (κ3) is 5.45. The lowest BCUT2D eigenvalue weighted by molar-refractivity contribution is -0.120. The van der Waals surface area contributed by atoms with E-state index >= 15 is 0 Å². The van der Waals surface area contributed by atoms with E-state index in [0.717, 1.165) is 39.4 Å². The molecule has 30 heavy (non-hydrogen) atoms. The fourth-order valence-electron chi connectivity index (χ4n) is 3.20. The predicted molar refractivity (Wildman–Crippen MR) is 116 cm³/mol. The van der Waals surface area contributed by atoms with Gasteiger partial charge in [-0.2, -0.15) is 0 Å². The number of carbonyl (C=O) groups excluding carboxylic acids is 1. The number of anilines is 1. The van der Waals surface area contributed by atoms with Gasteiger partial charge in [0, 0.05) is 0 Å². The van der Waals surface area contributed by atoms with Crippen LogP contribution in [0.3, 0.4) is 0 Å². The van der Waals surface area contributed by atoms with Crippen LogP contribution in [0.25, 0.3) is 0 Å². The zero-order chi connectivity index (χ0) is 21.7. The smallest absolute Gasteiger partial charge is 0.241 e. The van der Waals surface area contributed by atoms with Crippen LogP contribution >= 0.6 is 0 Å². The summed E-state index contributed by atoms with van der Waals surface area (Å²) < 4.78 is 38.8. The topological polar surface area (TPSA) is 66.5 Å². The molecule has 0 aliphatic carbocycles. The maximum Gasteiger partial charge on any atom is 0.241 e. The minimum absolute atomic E-state index is 0.223. The van der Waals surface area contributed by atoms with Crippen LogP contribution in [0.5, 0.6) is 0 Å². The number of amides is 1. The van der Waals surface area contributed by atoms with E-state index in [1.807, 2.05) is 61.5 Å². The lowest BCUT2D eigenvalue weighted by atomic mass is 9.97. The Labute approximate surface area is 176 Å². The van der Waals surface area contributed by atoms with Crippen molar-refractivity contribution in [3.05, 3.63) is 101 Å². The Hall–Kier alpha value is -3.19. The average Bonchev–Trinajstić information content (AvgIpc) is 2.71. The molecule has 156 valence electrons. The van der Waals surface area contributed by atoms with Gasteiger partial charge in [0.2, 0.25) is 15.9 Å². The first-order valence-electron chi connectivity index (χ1n) is 9.38. The molecular formula is C23H23FN2O3S. The summed E-state index contributed by atoms with van der Waals surface area (Å²) in [5.74, 6) is -0.958. The second kappa shape index (κ2) is 9.09. The van der Waals surface area contributed by atoms with Crippen molar-refractivity contribution in [2.45, 2.75) is 13.0 Å². The van der Waals surface area contributed by atoms with Crippen molar-refractivity contribution in [1.29, 1.82) is 0 Å². The predicted octanol–water partition coefficient (Wildman–Crippen LogP) is 3.81. The van der Waals surface area contributed by atoms with Gasteiger partial charge in [0.25, 0.3) is 0 Å². The van der Waals surface area contributed by atoms with Gasteiger partial charge in [-0.3, -0.25) is 9.10 Å². The second-order valence-corrected chi connectivity index (χ2v) is 8.98. The highest BCUT2D eigenvalue weighted by atomic mass is 32.2. The molecule has 0 heterocycles. The third-order valence-corrected chi connectivity index (χ3v) is 5.76. The molecule has 1 atom stereocenters. The summed E-state index contributed by atoms with van der Waals surface area (Å²) in [4.78, 5) is 12.9. The third-order valence-electron chi connectivity index (χ3n) is 4.62. The second-order valence-electron chi connectivity index (χ2n) is 7.07. The molecule has 3 aromatic rings. The summed E-state index contributed by atoms with van der Waals surface area (Å²) in [5.41, 5.74) is 3.04. The van der Waals surface area contributed by atoms with Crippen molar-refractivity contribution < 1.29 is 17.6 Å². The number of nitrogens with one attached hydrogen (secondary N) is 1. The van der Waals surface area contributed by atoms with Gasteiger partial charge in [0.05, 0.1) is 18.0 Å². The first-order valence-corrected chi connectivity index (χ1v) is 11.2. The monoisotopic (exact) mass is 426 g/mol. The zero-order valence-corrected chi connectivity index (χ0v) is 17.6. The highest BCUT2D eigenvalue weighted by Gasteiger charge is 2.23. The van der Waals surface area contributed by atoms with E-state index in [-0.39, 0.29) is 5.69 Å². The molecular weight excluding hydrogens is 403 g/mol. The number of sulfonamides is 1. The summed E-state index contributed by atoms with van der Waals surface area (Å²) in [6.45, 7) is 1.55. The van der Waals surface area contributed by atoms with Crippen molar-refractivity contribution in [3.8, 4) is 0 Å². The molecule has 0 saturated carbocycles. The van der Waals surface area contributed by atoms with Gasteiger partial charge in [-0.25, -0.2) is 12.8 Å². The molecule has 0 aliphatic rings. The van der Waals surface area contributed by atoms with E-state index < -0.39 is 34.3 Å². The number of hydrogen-bond donors (Lipinski definition) is 1. The maximum atomic E-state index is 13.2. The fourth-order valence-corrected chi connectivity index (χ4v) is 4.06. The molecule has 5 nitrogen and oxygen atoms in total. The van der Waals surface area contributed by atoms with Gasteiger partial charge in [0.1, 0.15) is 12.4 Å². The van der Waals surface area contributed by atoms with Crippen LogP contribution < -0.4 is 9.62 Å². The van der Waals surface area contributed by atoms with Crippen LogP contribution in [0, 0.1) is 12.7 Å². The SMILES string of the molecule is Cc1cccc(C(NC(=O)CN(c2ccc(F)cc2)S(C)(=O)=O)c2ccccc2)c1. The number of aryl methyl sites for hydroxylation is 1. The largest absolute Gasteiger partial charge is 0.344 e. The van der Waals surface area contributed by atoms with Gasteiger partial charge >= 0.3 is 0 Å². The zero-order valence-electron chi connectivity index (χ0n) is 16.7. The molecule has 7 heteroatoms. The Morgan fingerprint density at radius 2 is 1.60 bits per heavy atom. The molecule has 0 aromatic heterocycles. The quantitative estimate of drug-likeness (QED) is 0.625. The van der Waals surface area contributed by atoms with E-state index in [2.05, 4.69) is 5.32 Å². The molecule has 1 N–H and O–H groups in total. The molecule has 0 bridgehead atoms. The minimum atomic E-state index is -3.75. The Morgan fingerprint density at radius 3 is 2.20 bits per heavy atom. The normalized spacial score (nSPS) is 12.2. The number of carbonyl (C=O) groups is 1. The number of rotatable bonds is 7. The van der Waals surface area contributed by atoms with Crippen molar-refractivity contribution in [3.63, 3.8) is 0 Å². The van der Waals surface area contributed by atoms with Crippen LogP contribution in [0.15, 0.2) is 78.9 Å².